The first-order valence-electron chi connectivity index (χ1n) is 12.6. The molecule has 1 fully saturated rings. The van der Waals surface area contributed by atoms with Crippen molar-refractivity contribution in [2.24, 2.45) is 5.92 Å². The van der Waals surface area contributed by atoms with Gasteiger partial charge in [0, 0.05) is 29.9 Å². The molecule has 3 amide bonds. The van der Waals surface area contributed by atoms with Crippen LogP contribution in [-0.2, 0) is 25.5 Å². The predicted octanol–water partition coefficient (Wildman–Crippen LogP) is 2.10. The highest BCUT2D eigenvalue weighted by Gasteiger charge is 2.39. The van der Waals surface area contributed by atoms with E-state index in [4.69, 9.17) is 9.47 Å². The Morgan fingerprint density at radius 1 is 1.13 bits per heavy atom. The van der Waals surface area contributed by atoms with Crippen molar-refractivity contribution in [1.29, 1.82) is 0 Å². The second kappa shape index (κ2) is 10.6. The molecule has 0 aliphatic carbocycles. The third kappa shape index (κ3) is 4.69. The molecule has 198 valence electrons. The summed E-state index contributed by atoms with van der Waals surface area (Å²) in [6.45, 7) is 0.841. The predicted molar refractivity (Wildman–Crippen MR) is 138 cm³/mol. The van der Waals surface area contributed by atoms with Gasteiger partial charge in [-0.25, -0.2) is 4.79 Å². The number of aromatic amines is 1. The fraction of sp³-hybridized carbons (Fsp3) is 0.357. The first-order valence-corrected chi connectivity index (χ1v) is 12.6. The molecule has 2 aliphatic rings. The van der Waals surface area contributed by atoms with Crippen molar-refractivity contribution in [2.45, 2.75) is 31.3 Å². The topological polar surface area (TPSA) is 130 Å². The van der Waals surface area contributed by atoms with Gasteiger partial charge in [-0.1, -0.05) is 30.3 Å². The number of fused-ring (bicyclic) bond motifs is 2. The maximum absolute atomic E-state index is 13.8. The van der Waals surface area contributed by atoms with E-state index in [1.807, 2.05) is 42.5 Å². The molecular formula is C28H30N4O6. The van der Waals surface area contributed by atoms with Gasteiger partial charge in [0.05, 0.1) is 14.2 Å². The van der Waals surface area contributed by atoms with E-state index in [-0.39, 0.29) is 18.2 Å². The van der Waals surface area contributed by atoms with Crippen molar-refractivity contribution in [1.82, 2.24) is 20.5 Å². The minimum absolute atomic E-state index is 0.119. The van der Waals surface area contributed by atoms with Gasteiger partial charge in [-0.2, -0.15) is 0 Å². The van der Waals surface area contributed by atoms with Crippen LogP contribution in [0.5, 0.6) is 5.75 Å². The second-order valence-corrected chi connectivity index (χ2v) is 9.55. The van der Waals surface area contributed by atoms with Crippen molar-refractivity contribution in [3.8, 4) is 5.75 Å². The van der Waals surface area contributed by atoms with Crippen molar-refractivity contribution < 1.29 is 28.7 Å². The van der Waals surface area contributed by atoms with Gasteiger partial charge < -0.3 is 30.0 Å². The summed E-state index contributed by atoms with van der Waals surface area (Å²) in [6.07, 6.45) is 1.27. The number of carbonyl (C=O) groups is 4. The number of benzene rings is 2. The molecule has 1 aromatic heterocycles. The van der Waals surface area contributed by atoms with Crippen LogP contribution in [-0.4, -0.2) is 66.9 Å². The number of carbonyl (C=O) groups excluding carboxylic acids is 4. The van der Waals surface area contributed by atoms with Crippen LogP contribution in [0.2, 0.25) is 0 Å². The minimum atomic E-state index is -1.02. The van der Waals surface area contributed by atoms with Crippen molar-refractivity contribution in [3.05, 3.63) is 65.4 Å². The molecule has 38 heavy (non-hydrogen) atoms. The molecule has 10 heteroatoms. The van der Waals surface area contributed by atoms with Crippen molar-refractivity contribution in [3.63, 3.8) is 0 Å². The smallest absolute Gasteiger partial charge is 0.328 e. The molecule has 2 aliphatic heterocycles. The lowest BCUT2D eigenvalue weighted by Crippen LogP contribution is -2.51. The summed E-state index contributed by atoms with van der Waals surface area (Å²) in [4.78, 5) is 57.1. The van der Waals surface area contributed by atoms with Crippen molar-refractivity contribution >= 4 is 34.6 Å². The Morgan fingerprint density at radius 2 is 1.95 bits per heavy atom. The first-order chi connectivity index (χ1) is 18.4. The quantitative estimate of drug-likeness (QED) is 0.411. The number of aromatic nitrogens is 1. The zero-order chi connectivity index (χ0) is 26.8. The molecule has 3 heterocycles. The molecule has 0 radical (unpaired) electrons. The maximum atomic E-state index is 13.8. The van der Waals surface area contributed by atoms with Crippen LogP contribution < -0.4 is 15.4 Å². The molecule has 3 atom stereocenters. The summed E-state index contributed by atoms with van der Waals surface area (Å²) in [5, 5.41) is 6.30. The summed E-state index contributed by atoms with van der Waals surface area (Å²) in [5.41, 5.74) is 2.72. The van der Waals surface area contributed by atoms with E-state index in [9.17, 15) is 19.2 Å². The van der Waals surface area contributed by atoms with E-state index in [0.29, 0.717) is 42.9 Å². The van der Waals surface area contributed by atoms with Crippen LogP contribution in [0.1, 0.15) is 40.5 Å². The number of H-pyrrole nitrogens is 1. The van der Waals surface area contributed by atoms with Crippen LogP contribution in [0.4, 0.5) is 0 Å². The Bertz CT molecular complexity index is 1400. The molecule has 5 rings (SSSR count). The van der Waals surface area contributed by atoms with Crippen LogP contribution in [0.3, 0.4) is 0 Å². The lowest BCUT2D eigenvalue weighted by molar-refractivity contribution is -0.146. The molecule has 1 saturated heterocycles. The molecule has 2 aromatic carbocycles. The number of amides is 3. The number of ether oxygens (including phenoxy) is 2. The molecule has 3 N–H and O–H groups in total. The molecule has 0 bridgehead atoms. The Morgan fingerprint density at radius 3 is 2.68 bits per heavy atom. The van der Waals surface area contributed by atoms with Crippen LogP contribution in [0, 0.1) is 5.92 Å². The van der Waals surface area contributed by atoms with Crippen LogP contribution in [0.25, 0.3) is 10.9 Å². The largest absolute Gasteiger partial charge is 0.496 e. The van der Waals surface area contributed by atoms with Crippen molar-refractivity contribution in [2.75, 3.05) is 27.3 Å². The highest BCUT2D eigenvalue weighted by atomic mass is 16.5. The number of rotatable bonds is 7. The first kappa shape index (κ1) is 25.3. The number of nitrogens with zero attached hydrogens (tertiary/aromatic N) is 1. The summed E-state index contributed by atoms with van der Waals surface area (Å²) in [5.74, 6) is -1.41. The zero-order valence-electron chi connectivity index (χ0n) is 21.3. The normalized spacial score (nSPS) is 19.4. The Balaban J connectivity index is 1.46. The van der Waals surface area contributed by atoms with Gasteiger partial charge in [-0.05, 0) is 48.6 Å². The van der Waals surface area contributed by atoms with E-state index in [0.717, 1.165) is 16.5 Å². The molecule has 3 aromatic rings. The number of methoxy groups -OCH3 is 2. The number of esters is 1. The molecule has 0 saturated carbocycles. The van der Waals surface area contributed by atoms with Gasteiger partial charge in [0.15, 0.2) is 0 Å². The zero-order valence-corrected chi connectivity index (χ0v) is 21.3. The third-order valence-electron chi connectivity index (χ3n) is 7.35. The number of hydrogen-bond donors (Lipinski definition) is 3. The molecule has 10 nitrogen and oxygen atoms in total. The Hall–Kier alpha value is -4.34. The number of nitrogens with one attached hydrogen (secondary N) is 3. The fourth-order valence-electron chi connectivity index (χ4n) is 5.40. The monoisotopic (exact) mass is 518 g/mol. The van der Waals surface area contributed by atoms with E-state index in [1.54, 1.807) is 13.2 Å². The standard InChI is InChI=1S/C28H30N4O6/c1-37-23-9-5-8-20-19(23)15-21(30-20)27(35)32-13-11-16-6-3-4-7-18(16)24(32)26(34)31-22(28(36)38-2)14-17-10-12-29-25(17)33/h3-9,15,17,22,24,30H,10-14H2,1-2H3,(H,29,33)(H,31,34)/t17-,22-,24-/m0/s1. The average molecular weight is 519 g/mol. The summed E-state index contributed by atoms with van der Waals surface area (Å²) in [7, 11) is 2.81. The molecular weight excluding hydrogens is 488 g/mol. The van der Waals surface area contributed by atoms with Gasteiger partial charge in [-0.15, -0.1) is 0 Å². The van der Waals surface area contributed by atoms with Gasteiger partial charge in [0.25, 0.3) is 5.91 Å². The van der Waals surface area contributed by atoms with E-state index >= 15 is 0 Å². The van der Waals surface area contributed by atoms with Gasteiger partial charge in [-0.3, -0.25) is 14.4 Å². The third-order valence-corrected chi connectivity index (χ3v) is 7.35. The van der Waals surface area contributed by atoms with E-state index in [1.165, 1.54) is 12.0 Å². The molecule has 0 unspecified atom stereocenters. The minimum Gasteiger partial charge on any atom is -0.496 e. The SMILES string of the molecule is COC(=O)[C@H](C[C@@H]1CCNC1=O)NC(=O)[C@@H]1c2ccccc2CCN1C(=O)c1cc2c(OC)cccc2[nH]1. The highest BCUT2D eigenvalue weighted by molar-refractivity contribution is 6.02. The highest BCUT2D eigenvalue weighted by Crippen LogP contribution is 2.33. The molecule has 0 spiro atoms. The fourth-order valence-corrected chi connectivity index (χ4v) is 5.40. The van der Waals surface area contributed by atoms with Gasteiger partial charge in [0.2, 0.25) is 11.8 Å². The van der Waals surface area contributed by atoms with Gasteiger partial charge in [0.1, 0.15) is 23.5 Å². The lowest BCUT2D eigenvalue weighted by Gasteiger charge is -2.36. The Kier molecular flexibility index (Phi) is 7.04. The lowest BCUT2D eigenvalue weighted by atomic mass is 9.91. The average Bonchev–Trinajstić information content (AvgIpc) is 3.56. The van der Waals surface area contributed by atoms with Crippen LogP contribution >= 0.6 is 0 Å². The second-order valence-electron chi connectivity index (χ2n) is 9.55. The summed E-state index contributed by atoms with van der Waals surface area (Å²) >= 11 is 0. The summed E-state index contributed by atoms with van der Waals surface area (Å²) < 4.78 is 10.4. The summed E-state index contributed by atoms with van der Waals surface area (Å²) in [6, 6.07) is 12.7. The van der Waals surface area contributed by atoms with Gasteiger partial charge >= 0.3 is 5.97 Å². The van der Waals surface area contributed by atoms with E-state index < -0.39 is 29.9 Å². The Labute approximate surface area is 219 Å². The maximum Gasteiger partial charge on any atom is 0.328 e. The number of hydrogen-bond acceptors (Lipinski definition) is 6. The van der Waals surface area contributed by atoms with E-state index in [2.05, 4.69) is 15.6 Å². The van der Waals surface area contributed by atoms with Crippen LogP contribution in [0.15, 0.2) is 48.5 Å².